The summed E-state index contributed by atoms with van der Waals surface area (Å²) in [5, 5.41) is 0. The Bertz CT molecular complexity index is 988. The number of benzene rings is 1. The molecule has 27 heavy (non-hydrogen) atoms. The first-order chi connectivity index (χ1) is 12.9. The summed E-state index contributed by atoms with van der Waals surface area (Å²) in [5.74, 6) is 1.28. The molecule has 1 N–H and O–H groups in total. The van der Waals surface area contributed by atoms with E-state index in [1.165, 1.54) is 12.1 Å². The molecule has 140 valence electrons. The fourth-order valence-corrected chi connectivity index (χ4v) is 3.34. The molecule has 0 saturated heterocycles. The third-order valence-corrected chi connectivity index (χ3v) is 5.03. The summed E-state index contributed by atoms with van der Waals surface area (Å²) >= 11 is 0. The molecule has 0 spiro atoms. The normalized spacial score (nSPS) is 11.4. The van der Waals surface area contributed by atoms with Crippen LogP contribution in [-0.4, -0.2) is 25.0 Å². The van der Waals surface area contributed by atoms with Gasteiger partial charge in [0.15, 0.2) is 0 Å². The van der Waals surface area contributed by atoms with Gasteiger partial charge in [-0.2, -0.15) is 0 Å². The van der Waals surface area contributed by atoms with Crippen LogP contribution in [0.15, 0.2) is 71.9 Å². The van der Waals surface area contributed by atoms with Crippen LogP contribution in [0.5, 0.6) is 5.75 Å². The van der Waals surface area contributed by atoms with E-state index in [1.807, 2.05) is 6.07 Å². The number of nitrogens with one attached hydrogen (secondary N) is 1. The van der Waals surface area contributed by atoms with Crippen molar-refractivity contribution in [1.82, 2.24) is 9.97 Å². The summed E-state index contributed by atoms with van der Waals surface area (Å²) in [6, 6.07) is 15.2. The lowest BCUT2D eigenvalue weighted by Gasteiger charge is -2.11. The largest absolute Gasteiger partial charge is 0.493 e. The van der Waals surface area contributed by atoms with Crippen LogP contribution in [0, 0.1) is 5.92 Å². The van der Waals surface area contributed by atoms with Crippen LogP contribution >= 0.6 is 0 Å². The van der Waals surface area contributed by atoms with Gasteiger partial charge in [0.2, 0.25) is 0 Å². The molecule has 0 aliphatic heterocycles. The Hall–Kier alpha value is -2.93. The van der Waals surface area contributed by atoms with Gasteiger partial charge in [-0.1, -0.05) is 19.9 Å². The Balaban J connectivity index is 1.76. The second kappa shape index (κ2) is 8.18. The first-order valence-electron chi connectivity index (χ1n) is 8.57. The molecule has 0 aliphatic rings. The zero-order valence-corrected chi connectivity index (χ0v) is 16.0. The minimum atomic E-state index is -3.74. The molecule has 0 saturated carbocycles. The van der Waals surface area contributed by atoms with Crippen molar-refractivity contribution in [2.24, 2.45) is 5.92 Å². The van der Waals surface area contributed by atoms with Crippen molar-refractivity contribution in [3.8, 4) is 17.0 Å². The van der Waals surface area contributed by atoms with Gasteiger partial charge in [-0.15, -0.1) is 0 Å². The maximum absolute atomic E-state index is 12.6. The minimum absolute atomic E-state index is 0.146. The van der Waals surface area contributed by atoms with Gasteiger partial charge >= 0.3 is 0 Å². The second-order valence-electron chi connectivity index (χ2n) is 6.43. The Morgan fingerprint density at radius 2 is 1.81 bits per heavy atom. The lowest BCUT2D eigenvalue weighted by atomic mass is 10.2. The van der Waals surface area contributed by atoms with Crippen molar-refractivity contribution in [2.45, 2.75) is 18.7 Å². The summed E-state index contributed by atoms with van der Waals surface area (Å²) < 4.78 is 33.3. The maximum Gasteiger partial charge on any atom is 0.263 e. The van der Waals surface area contributed by atoms with Crippen molar-refractivity contribution < 1.29 is 13.2 Å². The van der Waals surface area contributed by atoms with Gasteiger partial charge < -0.3 is 4.74 Å². The van der Waals surface area contributed by atoms with E-state index in [4.69, 9.17) is 4.74 Å². The van der Waals surface area contributed by atoms with E-state index in [1.54, 1.807) is 48.8 Å². The van der Waals surface area contributed by atoms with Crippen LogP contribution in [0.25, 0.3) is 11.3 Å². The van der Waals surface area contributed by atoms with Crippen molar-refractivity contribution in [2.75, 3.05) is 11.3 Å². The monoisotopic (exact) mass is 383 g/mol. The summed E-state index contributed by atoms with van der Waals surface area (Å²) in [6.07, 6.45) is 3.35. The summed E-state index contributed by atoms with van der Waals surface area (Å²) in [7, 11) is -3.74. The molecule has 2 aromatic heterocycles. The van der Waals surface area contributed by atoms with Gasteiger partial charge in [-0.25, -0.2) is 13.4 Å². The van der Waals surface area contributed by atoms with Crippen molar-refractivity contribution in [3.05, 3.63) is 67.0 Å². The molecule has 3 rings (SSSR count). The summed E-state index contributed by atoms with van der Waals surface area (Å²) in [4.78, 5) is 8.57. The Kier molecular flexibility index (Phi) is 5.71. The number of aromatic nitrogens is 2. The average molecular weight is 383 g/mol. The molecule has 6 nitrogen and oxygen atoms in total. The molecule has 0 amide bonds. The number of pyridine rings is 2. The van der Waals surface area contributed by atoms with Gasteiger partial charge in [0.1, 0.15) is 11.6 Å². The minimum Gasteiger partial charge on any atom is -0.493 e. The number of anilines is 1. The predicted octanol–water partition coefficient (Wildman–Crippen LogP) is 3.98. The number of rotatable bonds is 7. The smallest absolute Gasteiger partial charge is 0.263 e. The molecule has 0 unspecified atom stereocenters. The molecule has 7 heteroatoms. The lowest BCUT2D eigenvalue weighted by Crippen LogP contribution is -2.14. The molecular weight excluding hydrogens is 362 g/mol. The number of hydrogen-bond acceptors (Lipinski definition) is 5. The van der Waals surface area contributed by atoms with E-state index in [-0.39, 0.29) is 10.7 Å². The predicted molar refractivity (Wildman–Crippen MR) is 105 cm³/mol. The molecule has 3 aromatic rings. The molecule has 0 fully saturated rings. The van der Waals surface area contributed by atoms with E-state index < -0.39 is 10.0 Å². The lowest BCUT2D eigenvalue weighted by molar-refractivity contribution is 0.271. The van der Waals surface area contributed by atoms with Crippen LogP contribution < -0.4 is 9.46 Å². The fraction of sp³-hybridized carbons (Fsp3) is 0.200. The molecule has 0 radical (unpaired) electrons. The standard InChI is InChI=1S/C20H21N3O3S/c1-15(2)14-26-17-8-10-18(11-9-17)27(24,25)23-20-7-3-6-19(22-20)16-5-4-12-21-13-16/h3-13,15H,14H2,1-2H3,(H,22,23). The van der Waals surface area contributed by atoms with Crippen LogP contribution in [0.1, 0.15) is 13.8 Å². The van der Waals surface area contributed by atoms with Gasteiger partial charge in [-0.05, 0) is 54.4 Å². The molecule has 0 aliphatic carbocycles. The quantitative estimate of drug-likeness (QED) is 0.667. The maximum atomic E-state index is 12.6. The zero-order chi connectivity index (χ0) is 19.3. The Morgan fingerprint density at radius 3 is 2.48 bits per heavy atom. The topological polar surface area (TPSA) is 81.2 Å². The molecule has 0 bridgehead atoms. The number of nitrogens with zero attached hydrogens (tertiary/aromatic N) is 2. The summed E-state index contributed by atoms with van der Waals surface area (Å²) in [5.41, 5.74) is 1.45. The first-order valence-corrected chi connectivity index (χ1v) is 10.1. The number of sulfonamides is 1. The highest BCUT2D eigenvalue weighted by Crippen LogP contribution is 2.21. The van der Waals surface area contributed by atoms with E-state index in [0.29, 0.717) is 24.0 Å². The van der Waals surface area contributed by atoms with Crippen molar-refractivity contribution >= 4 is 15.8 Å². The second-order valence-corrected chi connectivity index (χ2v) is 8.11. The highest BCUT2D eigenvalue weighted by atomic mass is 32.2. The Labute approximate surface area is 159 Å². The summed E-state index contributed by atoms with van der Waals surface area (Å²) in [6.45, 7) is 4.68. The number of hydrogen-bond donors (Lipinski definition) is 1. The van der Waals surface area contributed by atoms with E-state index in [0.717, 1.165) is 5.56 Å². The van der Waals surface area contributed by atoms with Crippen LogP contribution in [-0.2, 0) is 10.0 Å². The fourth-order valence-electron chi connectivity index (χ4n) is 2.34. The van der Waals surface area contributed by atoms with Gasteiger partial charge in [0.25, 0.3) is 10.0 Å². The van der Waals surface area contributed by atoms with Crippen molar-refractivity contribution in [1.29, 1.82) is 0 Å². The third-order valence-electron chi connectivity index (χ3n) is 3.66. The third kappa shape index (κ3) is 5.04. The van der Waals surface area contributed by atoms with Gasteiger partial charge in [0, 0.05) is 18.0 Å². The SMILES string of the molecule is CC(C)COc1ccc(S(=O)(=O)Nc2cccc(-c3cccnc3)n2)cc1. The van der Waals surface area contributed by atoms with Crippen molar-refractivity contribution in [3.63, 3.8) is 0 Å². The van der Waals surface area contributed by atoms with E-state index in [2.05, 4.69) is 28.5 Å². The molecule has 0 atom stereocenters. The van der Waals surface area contributed by atoms with Gasteiger partial charge in [0.05, 0.1) is 17.2 Å². The molecule has 2 heterocycles. The number of ether oxygens (including phenoxy) is 1. The first kappa shape index (κ1) is 18.8. The van der Waals surface area contributed by atoms with E-state index >= 15 is 0 Å². The van der Waals surface area contributed by atoms with Gasteiger partial charge in [-0.3, -0.25) is 9.71 Å². The highest BCUT2D eigenvalue weighted by molar-refractivity contribution is 7.92. The average Bonchev–Trinajstić information content (AvgIpc) is 2.67. The van der Waals surface area contributed by atoms with E-state index in [9.17, 15) is 8.42 Å². The zero-order valence-electron chi connectivity index (χ0n) is 15.2. The Morgan fingerprint density at radius 1 is 1.04 bits per heavy atom. The van der Waals surface area contributed by atoms with Crippen LogP contribution in [0.3, 0.4) is 0 Å². The molecule has 1 aromatic carbocycles. The highest BCUT2D eigenvalue weighted by Gasteiger charge is 2.15. The van der Waals surface area contributed by atoms with Crippen LogP contribution in [0.4, 0.5) is 5.82 Å². The molecular formula is C20H21N3O3S. The van der Waals surface area contributed by atoms with Crippen LogP contribution in [0.2, 0.25) is 0 Å².